The number of fused-ring (bicyclic) bond motifs is 1. The van der Waals surface area contributed by atoms with Crippen LogP contribution in [0.15, 0.2) is 97.0 Å². The van der Waals surface area contributed by atoms with Gasteiger partial charge in [0.05, 0.1) is 18.6 Å². The molecule has 1 atom stereocenters. The zero-order valence-corrected chi connectivity index (χ0v) is 17.3. The molecule has 0 aromatic heterocycles. The van der Waals surface area contributed by atoms with E-state index >= 15 is 0 Å². The number of nitrogens with one attached hydrogen (secondary N) is 1. The van der Waals surface area contributed by atoms with E-state index in [9.17, 15) is 14.7 Å². The molecule has 0 fully saturated rings. The van der Waals surface area contributed by atoms with Crippen molar-refractivity contribution >= 4 is 22.5 Å². The van der Waals surface area contributed by atoms with Crippen LogP contribution in [-0.2, 0) is 9.53 Å². The summed E-state index contributed by atoms with van der Waals surface area (Å²) in [5.74, 6) is -1.71. The van der Waals surface area contributed by atoms with E-state index in [0.717, 1.165) is 16.3 Å². The Morgan fingerprint density at radius 3 is 2.45 bits per heavy atom. The van der Waals surface area contributed by atoms with Crippen LogP contribution in [0.3, 0.4) is 0 Å². The molecule has 0 spiro atoms. The van der Waals surface area contributed by atoms with Gasteiger partial charge in [0.2, 0.25) is 5.91 Å². The summed E-state index contributed by atoms with van der Waals surface area (Å²) in [7, 11) is 0. The van der Waals surface area contributed by atoms with E-state index in [4.69, 9.17) is 4.74 Å². The number of Topliss-reactive ketones (excluding diaryl/α,β-unsaturated/α-hetero) is 1. The third-order valence-corrected chi connectivity index (χ3v) is 4.94. The first-order valence-electron chi connectivity index (χ1n) is 10.0. The number of carbonyl (C=O) groups excluding carboxylic acids is 2. The molecule has 0 bridgehead atoms. The molecule has 0 saturated carbocycles. The van der Waals surface area contributed by atoms with Gasteiger partial charge in [-0.25, -0.2) is 0 Å². The van der Waals surface area contributed by atoms with Gasteiger partial charge in [-0.2, -0.15) is 0 Å². The zero-order chi connectivity index (χ0) is 22.2. The lowest BCUT2D eigenvalue weighted by atomic mass is 9.99. The Balaban J connectivity index is 1.74. The molecule has 31 heavy (non-hydrogen) atoms. The Morgan fingerprint density at radius 2 is 1.71 bits per heavy atom. The quantitative estimate of drug-likeness (QED) is 0.248. The largest absolute Gasteiger partial charge is 0.605 e. The number of rotatable bonds is 9. The van der Waals surface area contributed by atoms with Gasteiger partial charge in [0, 0.05) is 11.1 Å². The molecule has 3 aromatic rings. The maximum atomic E-state index is 12.8. The van der Waals surface area contributed by atoms with E-state index in [1.807, 2.05) is 49.4 Å². The summed E-state index contributed by atoms with van der Waals surface area (Å²) in [5.41, 5.74) is 1.29. The molecule has 0 saturated heterocycles. The molecule has 5 nitrogen and oxygen atoms in total. The summed E-state index contributed by atoms with van der Waals surface area (Å²) >= 11 is 0. The number of benzene rings is 3. The summed E-state index contributed by atoms with van der Waals surface area (Å²) in [6.45, 7) is 5.03. The van der Waals surface area contributed by atoms with E-state index in [-0.39, 0.29) is 23.8 Å². The second-order valence-corrected chi connectivity index (χ2v) is 7.10. The first-order valence-corrected chi connectivity index (χ1v) is 10.0. The Bertz CT molecular complexity index is 1110. The van der Waals surface area contributed by atoms with Crippen LogP contribution >= 0.6 is 0 Å². The fraction of sp³-hybridized carbons (Fsp3) is 0.154. The molecule has 1 N–H and O–H groups in total. The van der Waals surface area contributed by atoms with Gasteiger partial charge in [0.15, 0.2) is 5.78 Å². The molecular weight excluding hydrogens is 390 g/mol. The molecule has 158 valence electrons. The van der Waals surface area contributed by atoms with Crippen LogP contribution in [0.2, 0.25) is 0 Å². The Morgan fingerprint density at radius 1 is 1.03 bits per heavy atom. The molecule has 0 aliphatic heterocycles. The molecule has 0 heterocycles. The number of allylic oxidation sites excluding steroid dienone is 1. The van der Waals surface area contributed by atoms with Crippen molar-refractivity contribution < 1.29 is 19.4 Å². The maximum absolute atomic E-state index is 12.8. The van der Waals surface area contributed by atoms with Crippen molar-refractivity contribution in [2.75, 3.05) is 6.61 Å². The van der Waals surface area contributed by atoms with Crippen molar-refractivity contribution in [1.82, 2.24) is 5.32 Å². The fourth-order valence-electron chi connectivity index (χ4n) is 3.33. The molecule has 3 aromatic carbocycles. The molecule has 0 aliphatic carbocycles. The average Bonchev–Trinajstić information content (AvgIpc) is 2.80. The summed E-state index contributed by atoms with van der Waals surface area (Å²) in [6.07, 6.45) is 1.49. The van der Waals surface area contributed by atoms with Gasteiger partial charge in [-0.15, -0.1) is 6.58 Å². The molecular formula is C26H24NO4-. The monoisotopic (exact) mass is 414 g/mol. The van der Waals surface area contributed by atoms with Crippen LogP contribution in [0.1, 0.15) is 35.3 Å². The molecule has 0 radical (unpaired) electrons. The maximum Gasteiger partial charge on any atom is 0.249 e. The lowest BCUT2D eigenvalue weighted by molar-refractivity contribution is -0.357. The second-order valence-electron chi connectivity index (χ2n) is 7.10. The van der Waals surface area contributed by atoms with E-state index < -0.39 is 18.5 Å². The topological polar surface area (TPSA) is 78.5 Å². The summed E-state index contributed by atoms with van der Waals surface area (Å²) in [5, 5.41) is 17.5. The zero-order valence-electron chi connectivity index (χ0n) is 17.3. The number of hydrogen-bond donors (Lipinski definition) is 1. The van der Waals surface area contributed by atoms with Crippen molar-refractivity contribution in [3.05, 3.63) is 108 Å². The van der Waals surface area contributed by atoms with Crippen LogP contribution in [0.5, 0.6) is 0 Å². The van der Waals surface area contributed by atoms with Gasteiger partial charge in [0.1, 0.15) is 0 Å². The Kier molecular flexibility index (Phi) is 7.22. The normalized spacial score (nSPS) is 12.5. The minimum Gasteiger partial charge on any atom is -0.605 e. The van der Waals surface area contributed by atoms with E-state index in [2.05, 4.69) is 11.9 Å². The van der Waals surface area contributed by atoms with Crippen molar-refractivity contribution in [3.63, 3.8) is 0 Å². The smallest absolute Gasteiger partial charge is 0.249 e. The number of amides is 1. The van der Waals surface area contributed by atoms with Crippen LogP contribution in [-0.4, -0.2) is 18.3 Å². The van der Waals surface area contributed by atoms with Crippen LogP contribution < -0.4 is 10.4 Å². The number of hydrogen-bond acceptors (Lipinski definition) is 4. The molecule has 1 amide bonds. The lowest BCUT2D eigenvalue weighted by Gasteiger charge is -2.22. The first-order chi connectivity index (χ1) is 15.0. The highest BCUT2D eigenvalue weighted by atomic mass is 16.6. The first kappa shape index (κ1) is 21.8. The van der Waals surface area contributed by atoms with Crippen molar-refractivity contribution in [1.29, 1.82) is 0 Å². The highest BCUT2D eigenvalue weighted by Crippen LogP contribution is 2.24. The van der Waals surface area contributed by atoms with Crippen LogP contribution in [0, 0.1) is 0 Å². The van der Waals surface area contributed by atoms with E-state index in [0.29, 0.717) is 5.56 Å². The van der Waals surface area contributed by atoms with Crippen molar-refractivity contribution in [2.45, 2.75) is 19.4 Å². The minimum atomic E-state index is -0.827. The van der Waals surface area contributed by atoms with Gasteiger partial charge < -0.3 is 15.2 Å². The Hall–Kier alpha value is -3.86. The van der Waals surface area contributed by atoms with Crippen molar-refractivity contribution in [3.8, 4) is 0 Å². The molecule has 3 rings (SSSR count). The SMILES string of the molecule is C=CC/C(C(=O)NC(C)c1cccc2ccccc12)=C(/[O-])OCC(=O)c1ccccc1. The average molecular weight is 414 g/mol. The van der Waals surface area contributed by atoms with Crippen LogP contribution in [0.4, 0.5) is 0 Å². The molecule has 0 aliphatic rings. The van der Waals surface area contributed by atoms with Crippen LogP contribution in [0.25, 0.3) is 10.8 Å². The summed E-state index contributed by atoms with van der Waals surface area (Å²) in [6, 6.07) is 22.0. The predicted molar refractivity (Wildman–Crippen MR) is 119 cm³/mol. The van der Waals surface area contributed by atoms with Gasteiger partial charge in [-0.3, -0.25) is 9.59 Å². The number of ether oxygens (including phenoxy) is 1. The van der Waals surface area contributed by atoms with Gasteiger partial charge in [-0.05, 0) is 29.7 Å². The lowest BCUT2D eigenvalue weighted by Crippen LogP contribution is -2.31. The molecule has 5 heteroatoms. The minimum absolute atomic E-state index is 0.0342. The summed E-state index contributed by atoms with van der Waals surface area (Å²) < 4.78 is 5.12. The highest BCUT2D eigenvalue weighted by molar-refractivity contribution is 5.97. The van der Waals surface area contributed by atoms with Gasteiger partial charge in [-0.1, -0.05) is 78.9 Å². The number of ketones is 1. The Labute approximate surface area is 181 Å². The van der Waals surface area contributed by atoms with E-state index in [1.165, 1.54) is 6.08 Å². The highest BCUT2D eigenvalue weighted by Gasteiger charge is 2.16. The van der Waals surface area contributed by atoms with E-state index in [1.54, 1.807) is 30.3 Å². The number of carbonyl (C=O) groups is 2. The fourth-order valence-corrected chi connectivity index (χ4v) is 3.33. The van der Waals surface area contributed by atoms with Gasteiger partial charge >= 0.3 is 0 Å². The third-order valence-electron chi connectivity index (χ3n) is 4.94. The third kappa shape index (κ3) is 5.39. The van der Waals surface area contributed by atoms with Gasteiger partial charge in [0.25, 0.3) is 0 Å². The predicted octanol–water partition coefficient (Wildman–Crippen LogP) is 4.06. The standard InChI is InChI=1S/C26H25NO4/c1-3-10-23(26(30)31-17-24(28)20-12-5-4-6-13-20)25(29)27-18(2)21-16-9-14-19-11-7-8-15-22(19)21/h3-9,11-16,18,30H,1,10,17H2,2H3,(H,27,29)/p-1/b26-23+. The van der Waals surface area contributed by atoms with Crippen molar-refractivity contribution in [2.24, 2.45) is 0 Å². The summed E-state index contributed by atoms with van der Waals surface area (Å²) in [4.78, 5) is 25.0. The molecule has 1 unspecified atom stereocenters. The second kappa shape index (κ2) is 10.3.